The number of hydrogen-bond acceptors (Lipinski definition) is 3. The van der Waals surface area contributed by atoms with E-state index in [1.807, 2.05) is 6.92 Å². The summed E-state index contributed by atoms with van der Waals surface area (Å²) >= 11 is 1.53. The molecule has 68 valence electrons. The fourth-order valence-electron chi connectivity index (χ4n) is 1.25. The van der Waals surface area contributed by atoms with Crippen molar-refractivity contribution in [3.8, 4) is 5.75 Å². The maximum atomic E-state index is 13.2. The van der Waals surface area contributed by atoms with Crippen LogP contribution < -0.4 is 4.74 Å². The topological polar surface area (TPSA) is 22.1 Å². The summed E-state index contributed by atoms with van der Waals surface area (Å²) < 4.78 is 19.1. The first-order chi connectivity index (χ1) is 6.22. The Kier molecular flexibility index (Phi) is 1.92. The van der Waals surface area contributed by atoms with Gasteiger partial charge in [-0.3, -0.25) is 0 Å². The van der Waals surface area contributed by atoms with E-state index in [0.717, 1.165) is 9.71 Å². The first-order valence-corrected chi connectivity index (χ1v) is 4.63. The maximum absolute atomic E-state index is 13.2. The van der Waals surface area contributed by atoms with Crippen LogP contribution in [0.2, 0.25) is 0 Å². The summed E-state index contributed by atoms with van der Waals surface area (Å²) in [5.41, 5.74) is 0.616. The second-order valence-electron chi connectivity index (χ2n) is 2.66. The van der Waals surface area contributed by atoms with Crippen LogP contribution in [-0.4, -0.2) is 12.1 Å². The number of nitrogens with zero attached hydrogens (tertiary/aromatic N) is 1. The van der Waals surface area contributed by atoms with Crippen LogP contribution in [0.1, 0.15) is 5.01 Å². The predicted octanol–water partition coefficient (Wildman–Crippen LogP) is 2.75. The van der Waals surface area contributed by atoms with E-state index in [1.54, 1.807) is 6.07 Å². The van der Waals surface area contributed by atoms with Crippen molar-refractivity contribution < 1.29 is 9.13 Å². The fraction of sp³-hybridized carbons (Fsp3) is 0.222. The van der Waals surface area contributed by atoms with Gasteiger partial charge in [-0.1, -0.05) is 0 Å². The fourth-order valence-corrected chi connectivity index (χ4v) is 2.08. The Balaban J connectivity index is 2.82. The van der Waals surface area contributed by atoms with Crippen molar-refractivity contribution >= 4 is 21.6 Å². The van der Waals surface area contributed by atoms with Crippen molar-refractivity contribution in [1.82, 2.24) is 4.98 Å². The summed E-state index contributed by atoms with van der Waals surface area (Å²) in [6.07, 6.45) is 0. The van der Waals surface area contributed by atoms with Gasteiger partial charge in [-0.2, -0.15) is 0 Å². The Morgan fingerprint density at radius 3 is 2.92 bits per heavy atom. The molecule has 0 bridgehead atoms. The Morgan fingerprint density at radius 2 is 2.23 bits per heavy atom. The molecule has 0 fully saturated rings. The van der Waals surface area contributed by atoms with Crippen molar-refractivity contribution in [2.75, 3.05) is 7.11 Å². The van der Waals surface area contributed by atoms with Crippen LogP contribution in [0.3, 0.4) is 0 Å². The van der Waals surface area contributed by atoms with Gasteiger partial charge in [0.05, 0.1) is 16.8 Å². The van der Waals surface area contributed by atoms with E-state index in [4.69, 9.17) is 4.74 Å². The summed E-state index contributed by atoms with van der Waals surface area (Å²) in [5, 5.41) is 0.916. The first-order valence-electron chi connectivity index (χ1n) is 3.82. The van der Waals surface area contributed by atoms with E-state index in [0.29, 0.717) is 5.52 Å². The molecule has 0 atom stereocenters. The summed E-state index contributed by atoms with van der Waals surface area (Å²) in [6, 6.07) is 3.12. The molecule has 13 heavy (non-hydrogen) atoms. The van der Waals surface area contributed by atoms with Gasteiger partial charge < -0.3 is 4.74 Å². The van der Waals surface area contributed by atoms with E-state index in [1.165, 1.54) is 24.5 Å². The summed E-state index contributed by atoms with van der Waals surface area (Å²) in [6.45, 7) is 1.89. The average molecular weight is 197 g/mol. The second-order valence-corrected chi connectivity index (χ2v) is 3.90. The van der Waals surface area contributed by atoms with Gasteiger partial charge in [0.1, 0.15) is 5.52 Å². The molecule has 1 heterocycles. The number of methoxy groups -OCH3 is 1. The molecule has 0 saturated heterocycles. The number of aryl methyl sites for hydroxylation is 1. The molecule has 2 nitrogen and oxygen atoms in total. The van der Waals surface area contributed by atoms with Crippen LogP contribution in [0.4, 0.5) is 4.39 Å². The minimum Gasteiger partial charge on any atom is -0.491 e. The quantitative estimate of drug-likeness (QED) is 0.701. The number of fused-ring (bicyclic) bond motifs is 1. The molecule has 0 aliphatic heterocycles. The number of ether oxygens (including phenoxy) is 1. The zero-order valence-electron chi connectivity index (χ0n) is 7.30. The molecule has 0 unspecified atom stereocenters. The Morgan fingerprint density at radius 1 is 1.46 bits per heavy atom. The monoisotopic (exact) mass is 197 g/mol. The lowest BCUT2D eigenvalue weighted by atomic mass is 10.3. The smallest absolute Gasteiger partial charge is 0.181 e. The molecule has 1 aromatic heterocycles. The zero-order chi connectivity index (χ0) is 9.42. The van der Waals surface area contributed by atoms with Gasteiger partial charge in [-0.25, -0.2) is 9.37 Å². The van der Waals surface area contributed by atoms with Gasteiger partial charge >= 0.3 is 0 Å². The number of aromatic nitrogens is 1. The van der Waals surface area contributed by atoms with Crippen molar-refractivity contribution in [2.45, 2.75) is 6.92 Å². The minimum absolute atomic E-state index is 0.238. The SMILES string of the molecule is COc1c(F)ccc2sc(C)nc12. The van der Waals surface area contributed by atoms with Crippen LogP contribution in [-0.2, 0) is 0 Å². The Hall–Kier alpha value is -1.16. The largest absolute Gasteiger partial charge is 0.491 e. The highest BCUT2D eigenvalue weighted by atomic mass is 32.1. The molecule has 0 saturated carbocycles. The Bertz CT molecular complexity index is 452. The number of benzene rings is 1. The van der Waals surface area contributed by atoms with Crippen molar-refractivity contribution in [3.05, 3.63) is 23.0 Å². The zero-order valence-corrected chi connectivity index (χ0v) is 8.11. The highest BCUT2D eigenvalue weighted by Gasteiger charge is 2.11. The third-order valence-electron chi connectivity index (χ3n) is 1.78. The average Bonchev–Trinajstić information content (AvgIpc) is 2.45. The lowest BCUT2D eigenvalue weighted by Crippen LogP contribution is -1.88. The van der Waals surface area contributed by atoms with E-state index in [-0.39, 0.29) is 11.6 Å². The molecule has 0 amide bonds. The minimum atomic E-state index is -0.361. The maximum Gasteiger partial charge on any atom is 0.181 e. The van der Waals surface area contributed by atoms with E-state index in [9.17, 15) is 4.39 Å². The summed E-state index contributed by atoms with van der Waals surface area (Å²) in [5.74, 6) is -0.123. The molecular weight excluding hydrogens is 189 g/mol. The van der Waals surface area contributed by atoms with Crippen LogP contribution in [0.15, 0.2) is 12.1 Å². The van der Waals surface area contributed by atoms with Crippen molar-refractivity contribution in [2.24, 2.45) is 0 Å². The molecule has 0 N–H and O–H groups in total. The first kappa shape index (κ1) is 8.44. The predicted molar refractivity (Wildman–Crippen MR) is 50.9 cm³/mol. The van der Waals surface area contributed by atoms with Crippen LogP contribution >= 0.6 is 11.3 Å². The van der Waals surface area contributed by atoms with Gasteiger partial charge in [0.25, 0.3) is 0 Å². The number of rotatable bonds is 1. The van der Waals surface area contributed by atoms with Crippen molar-refractivity contribution in [3.63, 3.8) is 0 Å². The second kappa shape index (κ2) is 2.96. The third kappa shape index (κ3) is 1.27. The van der Waals surface area contributed by atoms with Crippen LogP contribution in [0.25, 0.3) is 10.2 Å². The van der Waals surface area contributed by atoms with Crippen molar-refractivity contribution in [1.29, 1.82) is 0 Å². The molecule has 4 heteroatoms. The lowest BCUT2D eigenvalue weighted by molar-refractivity contribution is 0.391. The third-order valence-corrected chi connectivity index (χ3v) is 2.71. The van der Waals surface area contributed by atoms with Gasteiger partial charge in [-0.05, 0) is 19.1 Å². The molecule has 0 aliphatic carbocycles. The van der Waals surface area contributed by atoms with Crippen LogP contribution in [0.5, 0.6) is 5.75 Å². The van der Waals surface area contributed by atoms with E-state index in [2.05, 4.69) is 4.98 Å². The molecule has 2 rings (SSSR count). The number of thiazole rings is 1. The molecule has 2 aromatic rings. The molecule has 0 spiro atoms. The molecular formula is C9H8FNOS. The summed E-state index contributed by atoms with van der Waals surface area (Å²) in [7, 11) is 1.45. The molecule has 1 aromatic carbocycles. The van der Waals surface area contributed by atoms with Crippen LogP contribution in [0, 0.1) is 12.7 Å². The van der Waals surface area contributed by atoms with Gasteiger partial charge in [-0.15, -0.1) is 11.3 Å². The molecule has 0 radical (unpaired) electrons. The van der Waals surface area contributed by atoms with E-state index < -0.39 is 0 Å². The normalized spacial score (nSPS) is 10.7. The Labute approximate surface area is 79.0 Å². The highest BCUT2D eigenvalue weighted by molar-refractivity contribution is 7.18. The lowest BCUT2D eigenvalue weighted by Gasteiger charge is -2.00. The standard InChI is InChI=1S/C9H8FNOS/c1-5-11-8-7(13-5)4-3-6(10)9(8)12-2/h3-4H,1-2H3. The van der Waals surface area contributed by atoms with Gasteiger partial charge in [0, 0.05) is 0 Å². The van der Waals surface area contributed by atoms with Gasteiger partial charge in [0.15, 0.2) is 11.6 Å². The van der Waals surface area contributed by atoms with E-state index >= 15 is 0 Å². The number of halogens is 1. The highest BCUT2D eigenvalue weighted by Crippen LogP contribution is 2.31. The van der Waals surface area contributed by atoms with Gasteiger partial charge in [0.2, 0.25) is 0 Å². The summed E-state index contributed by atoms with van der Waals surface area (Å²) in [4.78, 5) is 4.20. The number of hydrogen-bond donors (Lipinski definition) is 0. The molecule has 0 aliphatic rings.